The van der Waals surface area contributed by atoms with Crippen LogP contribution >= 0.6 is 11.3 Å². The highest BCUT2D eigenvalue weighted by Gasteiger charge is 2.16. The lowest BCUT2D eigenvalue weighted by Gasteiger charge is -2.08. The quantitative estimate of drug-likeness (QED) is 0.238. The number of benzene rings is 2. The molecule has 6 nitrogen and oxygen atoms in total. The Morgan fingerprint density at radius 1 is 0.868 bits per heavy atom. The van der Waals surface area contributed by atoms with Crippen molar-refractivity contribution < 1.29 is 4.74 Å². The molecule has 7 rings (SSSR count). The highest BCUT2D eigenvalue weighted by atomic mass is 32.1. The molecule has 2 N–H and O–H groups in total. The molecule has 38 heavy (non-hydrogen) atoms. The van der Waals surface area contributed by atoms with Gasteiger partial charge in [-0.3, -0.25) is 10.1 Å². The van der Waals surface area contributed by atoms with Crippen LogP contribution in [0.3, 0.4) is 0 Å². The first-order valence-corrected chi connectivity index (χ1v) is 13.2. The van der Waals surface area contributed by atoms with Gasteiger partial charge in [0.1, 0.15) is 23.6 Å². The van der Waals surface area contributed by atoms with Crippen molar-refractivity contribution in [1.82, 2.24) is 25.1 Å². The fraction of sp³-hybridized carbons (Fsp3) is 0.0645. The highest BCUT2D eigenvalue weighted by molar-refractivity contribution is 7.15. The van der Waals surface area contributed by atoms with E-state index in [1.807, 2.05) is 54.7 Å². The van der Waals surface area contributed by atoms with Crippen LogP contribution < -0.4 is 4.74 Å². The van der Waals surface area contributed by atoms with Crippen LogP contribution in [0.1, 0.15) is 10.4 Å². The summed E-state index contributed by atoms with van der Waals surface area (Å²) >= 11 is 1.80. The molecule has 0 radical (unpaired) electrons. The van der Waals surface area contributed by atoms with E-state index < -0.39 is 0 Å². The molecule has 0 spiro atoms. The number of thiophene rings is 1. The molecule has 5 heterocycles. The van der Waals surface area contributed by atoms with Crippen LogP contribution in [0.2, 0.25) is 0 Å². The minimum Gasteiger partial charge on any atom is -0.487 e. The van der Waals surface area contributed by atoms with E-state index in [9.17, 15) is 0 Å². The Balaban J connectivity index is 1.24. The van der Waals surface area contributed by atoms with Crippen LogP contribution in [0.25, 0.3) is 55.0 Å². The van der Waals surface area contributed by atoms with Gasteiger partial charge >= 0.3 is 0 Å². The monoisotopic (exact) mass is 513 g/mol. The number of hydrogen-bond donors (Lipinski definition) is 2. The summed E-state index contributed by atoms with van der Waals surface area (Å²) < 4.78 is 5.99. The lowest BCUT2D eigenvalue weighted by atomic mass is 10.1. The van der Waals surface area contributed by atoms with E-state index in [1.54, 1.807) is 17.5 Å². The number of nitrogens with zero attached hydrogens (tertiary/aromatic N) is 3. The first kappa shape index (κ1) is 22.4. The number of rotatable bonds is 6. The summed E-state index contributed by atoms with van der Waals surface area (Å²) in [4.78, 5) is 15.5. The van der Waals surface area contributed by atoms with Gasteiger partial charge in [-0.05, 0) is 55.0 Å². The van der Waals surface area contributed by atoms with Crippen LogP contribution in [-0.2, 0) is 6.61 Å². The average molecular weight is 514 g/mol. The zero-order valence-corrected chi connectivity index (χ0v) is 21.4. The number of ether oxygens (including phenoxy) is 1. The summed E-state index contributed by atoms with van der Waals surface area (Å²) in [5.74, 6) is 0.702. The number of H-pyrrole nitrogens is 2. The van der Waals surface area contributed by atoms with Gasteiger partial charge in [-0.2, -0.15) is 5.10 Å². The van der Waals surface area contributed by atoms with E-state index in [4.69, 9.17) is 9.72 Å². The van der Waals surface area contributed by atoms with Crippen molar-refractivity contribution >= 4 is 33.3 Å². The van der Waals surface area contributed by atoms with Gasteiger partial charge in [-0.1, -0.05) is 42.5 Å². The Hall–Kier alpha value is -4.75. The predicted octanol–water partition coefficient (Wildman–Crippen LogP) is 7.78. The molecule has 184 valence electrons. The van der Waals surface area contributed by atoms with Crippen LogP contribution in [0.4, 0.5) is 0 Å². The SMILES string of the molecule is Cc1ccc(-c2cccc3[nH]c(-c4n[nH]c5ccc(-c6cncc(OCc7ccccc7)c6)nc45)cc23)s1. The molecule has 0 bridgehead atoms. The topological polar surface area (TPSA) is 79.5 Å². The molecule has 5 aromatic heterocycles. The second-order valence-electron chi connectivity index (χ2n) is 9.21. The fourth-order valence-corrected chi connectivity index (χ4v) is 5.61. The van der Waals surface area contributed by atoms with Crippen molar-refractivity contribution in [3.05, 3.63) is 108 Å². The Bertz CT molecular complexity index is 1900. The Morgan fingerprint density at radius 3 is 2.66 bits per heavy atom. The van der Waals surface area contributed by atoms with Crippen molar-refractivity contribution in [3.63, 3.8) is 0 Å². The van der Waals surface area contributed by atoms with E-state index >= 15 is 0 Å². The number of hydrogen-bond acceptors (Lipinski definition) is 5. The average Bonchev–Trinajstić information content (AvgIpc) is 3.70. The van der Waals surface area contributed by atoms with Crippen molar-refractivity contribution in [2.45, 2.75) is 13.5 Å². The van der Waals surface area contributed by atoms with Crippen LogP contribution in [-0.4, -0.2) is 25.1 Å². The van der Waals surface area contributed by atoms with Crippen molar-refractivity contribution in [2.24, 2.45) is 0 Å². The minimum absolute atomic E-state index is 0.484. The Kier molecular flexibility index (Phi) is 5.48. The third-order valence-electron chi connectivity index (χ3n) is 6.59. The summed E-state index contributed by atoms with van der Waals surface area (Å²) in [6, 6.07) is 28.9. The zero-order valence-electron chi connectivity index (χ0n) is 20.6. The second-order valence-corrected chi connectivity index (χ2v) is 10.5. The molecule has 0 aliphatic carbocycles. The third-order valence-corrected chi connectivity index (χ3v) is 7.62. The molecule has 0 amide bonds. The molecule has 2 aromatic carbocycles. The lowest BCUT2D eigenvalue weighted by molar-refractivity contribution is 0.305. The molecule has 0 saturated heterocycles. The van der Waals surface area contributed by atoms with E-state index in [0.29, 0.717) is 12.4 Å². The molecule has 7 heteroatoms. The predicted molar refractivity (Wildman–Crippen MR) is 153 cm³/mol. The van der Waals surface area contributed by atoms with Crippen molar-refractivity contribution in [3.8, 4) is 38.8 Å². The fourth-order valence-electron chi connectivity index (χ4n) is 4.70. The van der Waals surface area contributed by atoms with E-state index in [2.05, 4.69) is 63.5 Å². The number of pyridine rings is 2. The number of aromatic nitrogens is 5. The molecule has 0 aliphatic rings. The van der Waals surface area contributed by atoms with E-state index in [-0.39, 0.29) is 0 Å². The number of aryl methyl sites for hydroxylation is 1. The van der Waals surface area contributed by atoms with Gasteiger partial charge in [0.2, 0.25) is 0 Å². The normalized spacial score (nSPS) is 11.4. The van der Waals surface area contributed by atoms with Gasteiger partial charge in [-0.25, -0.2) is 4.98 Å². The van der Waals surface area contributed by atoms with Crippen LogP contribution in [0, 0.1) is 6.92 Å². The van der Waals surface area contributed by atoms with Gasteiger partial charge in [0, 0.05) is 38.0 Å². The summed E-state index contributed by atoms with van der Waals surface area (Å²) in [6.07, 6.45) is 3.53. The summed E-state index contributed by atoms with van der Waals surface area (Å²) in [5.41, 5.74) is 8.49. The molecule has 0 atom stereocenters. The van der Waals surface area contributed by atoms with E-state index in [1.165, 1.54) is 20.7 Å². The van der Waals surface area contributed by atoms with Crippen LogP contribution in [0.15, 0.2) is 97.3 Å². The van der Waals surface area contributed by atoms with Crippen molar-refractivity contribution in [1.29, 1.82) is 0 Å². The molecule has 0 saturated carbocycles. The maximum Gasteiger partial charge on any atom is 0.138 e. The maximum atomic E-state index is 5.99. The summed E-state index contributed by atoms with van der Waals surface area (Å²) in [7, 11) is 0. The minimum atomic E-state index is 0.484. The largest absolute Gasteiger partial charge is 0.487 e. The van der Waals surface area contributed by atoms with Gasteiger partial charge in [0.25, 0.3) is 0 Å². The van der Waals surface area contributed by atoms with Gasteiger partial charge in [0.15, 0.2) is 0 Å². The summed E-state index contributed by atoms with van der Waals surface area (Å²) in [6.45, 7) is 2.62. The smallest absolute Gasteiger partial charge is 0.138 e. The van der Waals surface area contributed by atoms with Gasteiger partial charge in [0.05, 0.1) is 23.1 Å². The standard InChI is InChI=1S/C31H23N5OS/c1-19-10-13-29(38-19)23-8-5-9-26-24(23)15-28(33-26)31-30-27(35-36-31)12-11-25(34-30)21-14-22(17-32-16-21)37-18-20-6-3-2-4-7-20/h2-17,33H,18H2,1H3,(H,35,36). The van der Waals surface area contributed by atoms with Crippen LogP contribution in [0.5, 0.6) is 5.75 Å². The van der Waals surface area contributed by atoms with Crippen molar-refractivity contribution in [2.75, 3.05) is 0 Å². The number of nitrogens with one attached hydrogen (secondary N) is 2. The van der Waals surface area contributed by atoms with E-state index in [0.717, 1.165) is 44.8 Å². The Morgan fingerprint density at radius 2 is 1.79 bits per heavy atom. The first-order chi connectivity index (χ1) is 18.7. The van der Waals surface area contributed by atoms with Gasteiger partial charge < -0.3 is 9.72 Å². The third kappa shape index (κ3) is 4.13. The van der Waals surface area contributed by atoms with Gasteiger partial charge in [-0.15, -0.1) is 11.3 Å². The second kappa shape index (κ2) is 9.28. The molecular formula is C31H23N5OS. The lowest BCUT2D eigenvalue weighted by Crippen LogP contribution is -1.96. The highest BCUT2D eigenvalue weighted by Crippen LogP contribution is 2.36. The molecule has 0 aliphatic heterocycles. The Labute approximate surface area is 223 Å². The number of aromatic amines is 2. The zero-order chi connectivity index (χ0) is 25.5. The number of fused-ring (bicyclic) bond motifs is 2. The summed E-state index contributed by atoms with van der Waals surface area (Å²) in [5, 5.41) is 8.94. The molecule has 0 fully saturated rings. The molecule has 7 aromatic rings. The molecule has 0 unspecified atom stereocenters. The molecular weight excluding hydrogens is 490 g/mol. The maximum absolute atomic E-state index is 5.99. The first-order valence-electron chi connectivity index (χ1n) is 12.4.